The molecule has 19 heavy (non-hydrogen) atoms. The first kappa shape index (κ1) is 13.3. The Bertz CT molecular complexity index is 554. The van der Waals surface area contributed by atoms with Crippen LogP contribution in [0, 0.1) is 0 Å². The Morgan fingerprint density at radius 3 is 2.32 bits per heavy atom. The summed E-state index contributed by atoms with van der Waals surface area (Å²) in [5.74, 6) is 0. The van der Waals surface area contributed by atoms with Gasteiger partial charge in [0.05, 0.1) is 0 Å². The van der Waals surface area contributed by atoms with Crippen molar-refractivity contribution in [2.24, 2.45) is 0 Å². The van der Waals surface area contributed by atoms with Crippen LogP contribution in [0.25, 0.3) is 12.2 Å². The number of hydrogen-bond donors (Lipinski definition) is 0. The zero-order valence-corrected chi connectivity index (χ0v) is 11.9. The fourth-order valence-corrected chi connectivity index (χ4v) is 1.91. The second-order valence-electron chi connectivity index (χ2n) is 4.79. The molecule has 1 heterocycles. The standard InChI is InChI=1S/C17H21N2/c1-4-19-13-5-6-16(14-19)8-7-15-9-11-17(12-10-15)18(2)3/h5-14H,4H2,1-3H3/q+1. The highest BCUT2D eigenvalue weighted by atomic mass is 15.1. The predicted octanol–water partition coefficient (Wildman–Crippen LogP) is 3.23. The van der Waals surface area contributed by atoms with Crippen molar-refractivity contribution in [3.05, 3.63) is 59.9 Å². The van der Waals surface area contributed by atoms with Crippen molar-refractivity contribution in [3.8, 4) is 0 Å². The third kappa shape index (κ3) is 3.68. The Balaban J connectivity index is 2.13. The van der Waals surface area contributed by atoms with Gasteiger partial charge in [-0.2, -0.15) is 0 Å². The normalized spacial score (nSPS) is 10.9. The summed E-state index contributed by atoms with van der Waals surface area (Å²) < 4.78 is 2.18. The molecule has 0 atom stereocenters. The lowest BCUT2D eigenvalue weighted by Gasteiger charge is -2.11. The molecule has 2 aromatic rings. The second kappa shape index (κ2) is 6.19. The average molecular weight is 253 g/mol. The van der Waals surface area contributed by atoms with E-state index in [2.05, 4.69) is 91.4 Å². The van der Waals surface area contributed by atoms with Crippen LogP contribution in [0.2, 0.25) is 0 Å². The van der Waals surface area contributed by atoms with Crippen LogP contribution in [-0.4, -0.2) is 14.1 Å². The van der Waals surface area contributed by atoms with Crippen LogP contribution in [0.1, 0.15) is 18.1 Å². The predicted molar refractivity (Wildman–Crippen MR) is 82.0 cm³/mol. The van der Waals surface area contributed by atoms with Crippen molar-refractivity contribution in [1.29, 1.82) is 0 Å². The zero-order chi connectivity index (χ0) is 13.7. The molecule has 0 fully saturated rings. The smallest absolute Gasteiger partial charge is 0.176 e. The van der Waals surface area contributed by atoms with Gasteiger partial charge in [0.15, 0.2) is 12.4 Å². The third-order valence-electron chi connectivity index (χ3n) is 3.12. The van der Waals surface area contributed by atoms with Crippen LogP contribution >= 0.6 is 0 Å². The summed E-state index contributed by atoms with van der Waals surface area (Å²) in [5.41, 5.74) is 3.67. The highest BCUT2D eigenvalue weighted by Gasteiger charge is 1.97. The minimum absolute atomic E-state index is 0.999. The lowest BCUT2D eigenvalue weighted by atomic mass is 10.1. The quantitative estimate of drug-likeness (QED) is 0.759. The van der Waals surface area contributed by atoms with Crippen LogP contribution in [-0.2, 0) is 6.54 Å². The van der Waals surface area contributed by atoms with E-state index in [0.717, 1.165) is 6.54 Å². The zero-order valence-electron chi connectivity index (χ0n) is 11.9. The van der Waals surface area contributed by atoms with Gasteiger partial charge in [-0.3, -0.25) is 0 Å². The first-order chi connectivity index (χ1) is 9.19. The Labute approximate surface area is 115 Å². The third-order valence-corrected chi connectivity index (χ3v) is 3.12. The summed E-state index contributed by atoms with van der Waals surface area (Å²) in [6.07, 6.45) is 8.54. The topological polar surface area (TPSA) is 7.12 Å². The van der Waals surface area contributed by atoms with E-state index in [-0.39, 0.29) is 0 Å². The summed E-state index contributed by atoms with van der Waals surface area (Å²) in [6, 6.07) is 12.8. The van der Waals surface area contributed by atoms with Gasteiger partial charge in [0.2, 0.25) is 0 Å². The lowest BCUT2D eigenvalue weighted by Crippen LogP contribution is -2.31. The Morgan fingerprint density at radius 2 is 1.68 bits per heavy atom. The Morgan fingerprint density at radius 1 is 1.00 bits per heavy atom. The van der Waals surface area contributed by atoms with E-state index < -0.39 is 0 Å². The average Bonchev–Trinajstić information content (AvgIpc) is 2.46. The van der Waals surface area contributed by atoms with E-state index in [9.17, 15) is 0 Å². The highest BCUT2D eigenvalue weighted by molar-refractivity contribution is 5.69. The number of anilines is 1. The molecule has 0 unspecified atom stereocenters. The van der Waals surface area contributed by atoms with Crippen molar-refractivity contribution in [2.75, 3.05) is 19.0 Å². The van der Waals surface area contributed by atoms with Gasteiger partial charge in [0.25, 0.3) is 0 Å². The molecule has 1 aromatic carbocycles. The fourth-order valence-electron chi connectivity index (χ4n) is 1.91. The SMILES string of the molecule is CC[n+]1cccc(C=Cc2ccc(N(C)C)cc2)c1. The minimum atomic E-state index is 0.999. The molecule has 0 spiro atoms. The number of rotatable bonds is 4. The van der Waals surface area contributed by atoms with Crippen molar-refractivity contribution in [2.45, 2.75) is 13.5 Å². The van der Waals surface area contributed by atoms with E-state index in [1.165, 1.54) is 16.8 Å². The number of pyridine rings is 1. The first-order valence-electron chi connectivity index (χ1n) is 6.63. The maximum absolute atomic E-state index is 2.18. The molecule has 2 rings (SSSR count). The molecule has 0 saturated carbocycles. The molecule has 0 saturated heterocycles. The van der Waals surface area contributed by atoms with Crippen molar-refractivity contribution < 1.29 is 4.57 Å². The van der Waals surface area contributed by atoms with E-state index in [1.807, 2.05) is 0 Å². The van der Waals surface area contributed by atoms with Gasteiger partial charge >= 0.3 is 0 Å². The maximum atomic E-state index is 2.18. The summed E-state index contributed by atoms with van der Waals surface area (Å²) >= 11 is 0. The van der Waals surface area contributed by atoms with Gasteiger partial charge in [0, 0.05) is 31.4 Å². The van der Waals surface area contributed by atoms with E-state index in [1.54, 1.807) is 0 Å². The largest absolute Gasteiger partial charge is 0.378 e. The summed E-state index contributed by atoms with van der Waals surface area (Å²) in [7, 11) is 4.11. The summed E-state index contributed by atoms with van der Waals surface area (Å²) in [6.45, 7) is 3.15. The molecular weight excluding hydrogens is 232 g/mol. The van der Waals surface area contributed by atoms with Gasteiger partial charge in [-0.25, -0.2) is 4.57 Å². The number of aryl methyl sites for hydroxylation is 1. The van der Waals surface area contributed by atoms with Crippen molar-refractivity contribution in [3.63, 3.8) is 0 Å². The highest BCUT2D eigenvalue weighted by Crippen LogP contribution is 2.14. The van der Waals surface area contributed by atoms with Crippen LogP contribution in [0.3, 0.4) is 0 Å². The number of nitrogens with zero attached hydrogens (tertiary/aromatic N) is 2. The van der Waals surface area contributed by atoms with Gasteiger partial charge in [-0.05, 0) is 36.8 Å². The van der Waals surface area contributed by atoms with Gasteiger partial charge in [-0.1, -0.05) is 18.2 Å². The molecule has 98 valence electrons. The molecule has 0 radical (unpaired) electrons. The monoisotopic (exact) mass is 253 g/mol. The van der Waals surface area contributed by atoms with Crippen molar-refractivity contribution in [1.82, 2.24) is 0 Å². The molecule has 1 aromatic heterocycles. The Kier molecular flexibility index (Phi) is 4.35. The number of benzene rings is 1. The van der Waals surface area contributed by atoms with Gasteiger partial charge in [0.1, 0.15) is 6.54 Å². The van der Waals surface area contributed by atoms with E-state index in [0.29, 0.717) is 0 Å². The lowest BCUT2D eigenvalue weighted by molar-refractivity contribution is -0.693. The Hall–Kier alpha value is -2.09. The number of aromatic nitrogens is 1. The maximum Gasteiger partial charge on any atom is 0.176 e. The molecule has 0 N–H and O–H groups in total. The molecule has 0 amide bonds. The summed E-state index contributed by atoms with van der Waals surface area (Å²) in [4.78, 5) is 2.11. The number of hydrogen-bond acceptors (Lipinski definition) is 1. The molecule has 0 aliphatic heterocycles. The van der Waals surface area contributed by atoms with Gasteiger partial charge in [-0.15, -0.1) is 0 Å². The van der Waals surface area contributed by atoms with E-state index >= 15 is 0 Å². The molecule has 0 bridgehead atoms. The van der Waals surface area contributed by atoms with Gasteiger partial charge < -0.3 is 4.90 Å². The van der Waals surface area contributed by atoms with Crippen LogP contribution < -0.4 is 9.47 Å². The molecule has 2 nitrogen and oxygen atoms in total. The molecule has 0 aliphatic carbocycles. The van der Waals surface area contributed by atoms with Crippen LogP contribution in [0.4, 0.5) is 5.69 Å². The molecular formula is C17H21N2+. The van der Waals surface area contributed by atoms with Crippen LogP contribution in [0.5, 0.6) is 0 Å². The van der Waals surface area contributed by atoms with Crippen LogP contribution in [0.15, 0.2) is 48.8 Å². The second-order valence-corrected chi connectivity index (χ2v) is 4.79. The summed E-state index contributed by atoms with van der Waals surface area (Å²) in [5, 5.41) is 0. The van der Waals surface area contributed by atoms with E-state index in [4.69, 9.17) is 0 Å². The molecule has 2 heteroatoms. The fraction of sp³-hybridized carbons (Fsp3) is 0.235. The first-order valence-corrected chi connectivity index (χ1v) is 6.63. The van der Waals surface area contributed by atoms with Crippen molar-refractivity contribution >= 4 is 17.8 Å². The molecule has 0 aliphatic rings. The minimum Gasteiger partial charge on any atom is -0.378 e.